The number of fused-ring (bicyclic) bond motifs is 3. The van der Waals surface area contributed by atoms with Crippen LogP contribution in [0.15, 0.2) is 42.5 Å². The molecule has 0 aliphatic carbocycles. The second-order valence-corrected chi connectivity index (χ2v) is 7.04. The van der Waals surface area contributed by atoms with E-state index in [-0.39, 0.29) is 0 Å². The zero-order valence-corrected chi connectivity index (χ0v) is 13.3. The number of hydrogen-bond acceptors (Lipinski definition) is 3. The predicted molar refractivity (Wildman–Crippen MR) is 91.8 cm³/mol. The van der Waals surface area contributed by atoms with E-state index in [9.17, 15) is 0 Å². The Kier molecular flexibility index (Phi) is 3.65. The molecule has 2 saturated heterocycles. The number of piperidine rings is 1. The topological polar surface area (TPSA) is 32.5 Å². The first-order valence-corrected chi connectivity index (χ1v) is 8.37. The van der Waals surface area contributed by atoms with E-state index < -0.39 is 0 Å². The zero-order valence-electron chi connectivity index (χ0n) is 13.3. The van der Waals surface area contributed by atoms with Gasteiger partial charge in [0.2, 0.25) is 0 Å². The molecule has 0 amide bonds. The van der Waals surface area contributed by atoms with E-state index in [1.807, 2.05) is 0 Å². The first-order valence-electron chi connectivity index (χ1n) is 8.37. The van der Waals surface area contributed by atoms with Gasteiger partial charge in [-0.2, -0.15) is 0 Å². The van der Waals surface area contributed by atoms with Crippen LogP contribution in [0.3, 0.4) is 0 Å². The molecule has 2 aliphatic heterocycles. The number of rotatable bonds is 2. The SMILES string of the molecule is CN1C2CC(N)CC1CN(Cc1cccc3ccccc13)C2. The molecule has 2 N–H and O–H groups in total. The van der Waals surface area contributed by atoms with Gasteiger partial charge in [-0.05, 0) is 36.2 Å². The molecule has 3 nitrogen and oxygen atoms in total. The van der Waals surface area contributed by atoms with Gasteiger partial charge in [0.05, 0.1) is 0 Å². The third-order valence-electron chi connectivity index (χ3n) is 5.51. The van der Waals surface area contributed by atoms with Gasteiger partial charge < -0.3 is 5.73 Å². The smallest absolute Gasteiger partial charge is 0.0241 e. The molecule has 2 aromatic carbocycles. The van der Waals surface area contributed by atoms with Crippen LogP contribution < -0.4 is 5.73 Å². The lowest BCUT2D eigenvalue weighted by Gasteiger charge is -2.50. The van der Waals surface area contributed by atoms with Gasteiger partial charge >= 0.3 is 0 Å². The summed E-state index contributed by atoms with van der Waals surface area (Å²) in [6, 6.07) is 17.0. The Labute approximate surface area is 132 Å². The van der Waals surface area contributed by atoms with E-state index in [0.29, 0.717) is 18.1 Å². The molecule has 22 heavy (non-hydrogen) atoms. The summed E-state index contributed by atoms with van der Waals surface area (Å²) in [6.45, 7) is 3.34. The molecule has 0 radical (unpaired) electrons. The number of hydrogen-bond donors (Lipinski definition) is 1. The van der Waals surface area contributed by atoms with Gasteiger partial charge in [0.1, 0.15) is 0 Å². The third kappa shape index (κ3) is 2.54. The highest BCUT2D eigenvalue weighted by atomic mass is 15.3. The second-order valence-electron chi connectivity index (χ2n) is 7.04. The van der Waals surface area contributed by atoms with Gasteiger partial charge in [-0.3, -0.25) is 9.80 Å². The molecule has 2 heterocycles. The summed E-state index contributed by atoms with van der Waals surface area (Å²) >= 11 is 0. The molecular weight excluding hydrogens is 270 g/mol. The molecule has 3 heteroatoms. The van der Waals surface area contributed by atoms with Crippen molar-refractivity contribution in [1.82, 2.24) is 9.80 Å². The first-order chi connectivity index (χ1) is 10.7. The number of nitrogens with zero attached hydrogens (tertiary/aromatic N) is 2. The van der Waals surface area contributed by atoms with Gasteiger partial charge in [-0.1, -0.05) is 42.5 Å². The molecule has 2 bridgehead atoms. The molecule has 116 valence electrons. The predicted octanol–water partition coefficient (Wildman–Crippen LogP) is 2.45. The highest BCUT2D eigenvalue weighted by Gasteiger charge is 2.37. The summed E-state index contributed by atoms with van der Waals surface area (Å²) < 4.78 is 0. The lowest BCUT2D eigenvalue weighted by atomic mass is 9.88. The average Bonchev–Trinajstić information content (AvgIpc) is 2.50. The minimum absolute atomic E-state index is 0.394. The van der Waals surface area contributed by atoms with Gasteiger partial charge in [-0.25, -0.2) is 0 Å². The van der Waals surface area contributed by atoms with E-state index in [4.69, 9.17) is 5.73 Å². The Bertz CT molecular complexity index is 647. The highest BCUT2D eigenvalue weighted by Crippen LogP contribution is 2.28. The number of likely N-dealkylation sites (tertiary alicyclic amines) is 1. The quantitative estimate of drug-likeness (QED) is 0.923. The normalized spacial score (nSPS) is 29.8. The largest absolute Gasteiger partial charge is 0.328 e. The fraction of sp³-hybridized carbons (Fsp3) is 0.474. The summed E-state index contributed by atoms with van der Waals surface area (Å²) in [5, 5.41) is 2.74. The molecule has 0 spiro atoms. The molecule has 2 atom stereocenters. The molecular formula is C19H25N3. The second kappa shape index (κ2) is 5.65. The summed E-state index contributed by atoms with van der Waals surface area (Å²) in [7, 11) is 2.27. The molecule has 0 saturated carbocycles. The van der Waals surface area contributed by atoms with E-state index >= 15 is 0 Å². The summed E-state index contributed by atoms with van der Waals surface area (Å²) in [6.07, 6.45) is 2.28. The van der Waals surface area contributed by atoms with Crippen LogP contribution in [-0.4, -0.2) is 48.1 Å². The zero-order chi connectivity index (χ0) is 15.1. The van der Waals surface area contributed by atoms with Crippen LogP contribution in [0.25, 0.3) is 10.8 Å². The van der Waals surface area contributed by atoms with Gasteiger partial charge in [0, 0.05) is 37.8 Å². The van der Waals surface area contributed by atoms with Crippen molar-refractivity contribution in [1.29, 1.82) is 0 Å². The fourth-order valence-electron chi connectivity index (χ4n) is 4.30. The number of nitrogens with two attached hydrogens (primary N) is 1. The number of piperazine rings is 1. The Balaban J connectivity index is 1.56. The van der Waals surface area contributed by atoms with Crippen molar-refractivity contribution >= 4 is 10.8 Å². The number of benzene rings is 2. The summed E-state index contributed by atoms with van der Waals surface area (Å²) in [5.41, 5.74) is 7.66. The molecule has 2 aromatic rings. The maximum absolute atomic E-state index is 6.21. The van der Waals surface area contributed by atoms with Crippen molar-refractivity contribution in [3.05, 3.63) is 48.0 Å². The van der Waals surface area contributed by atoms with Crippen molar-refractivity contribution in [2.75, 3.05) is 20.1 Å². The molecule has 2 fully saturated rings. The molecule has 0 aromatic heterocycles. The van der Waals surface area contributed by atoms with Crippen LogP contribution in [-0.2, 0) is 6.54 Å². The van der Waals surface area contributed by atoms with Crippen molar-refractivity contribution < 1.29 is 0 Å². The van der Waals surface area contributed by atoms with Crippen molar-refractivity contribution in [2.24, 2.45) is 5.73 Å². The maximum Gasteiger partial charge on any atom is 0.0241 e. The Morgan fingerprint density at radius 2 is 1.68 bits per heavy atom. The number of likely N-dealkylation sites (N-methyl/N-ethyl adjacent to an activating group) is 1. The lowest BCUT2D eigenvalue weighted by molar-refractivity contribution is -0.000223. The standard InChI is InChI=1S/C19H25N3/c1-21-17-9-16(20)10-18(21)13-22(12-17)11-15-7-4-6-14-5-2-3-8-19(14)15/h2-8,16-18H,9-13,20H2,1H3. The third-order valence-corrected chi connectivity index (χ3v) is 5.51. The Morgan fingerprint density at radius 3 is 2.45 bits per heavy atom. The molecule has 2 aliphatic rings. The Morgan fingerprint density at radius 1 is 1.00 bits per heavy atom. The highest BCUT2D eigenvalue weighted by molar-refractivity contribution is 5.85. The van der Waals surface area contributed by atoms with Crippen molar-refractivity contribution in [3.8, 4) is 0 Å². The van der Waals surface area contributed by atoms with Crippen molar-refractivity contribution in [2.45, 2.75) is 37.5 Å². The monoisotopic (exact) mass is 295 g/mol. The van der Waals surface area contributed by atoms with Crippen LogP contribution in [0.5, 0.6) is 0 Å². The van der Waals surface area contributed by atoms with Gasteiger partial charge in [0.15, 0.2) is 0 Å². The van der Waals surface area contributed by atoms with Gasteiger partial charge in [-0.15, -0.1) is 0 Å². The maximum atomic E-state index is 6.21. The van der Waals surface area contributed by atoms with Crippen LogP contribution in [0.1, 0.15) is 18.4 Å². The van der Waals surface area contributed by atoms with Crippen molar-refractivity contribution in [3.63, 3.8) is 0 Å². The van der Waals surface area contributed by atoms with E-state index in [1.54, 1.807) is 0 Å². The van der Waals surface area contributed by atoms with E-state index in [1.165, 1.54) is 16.3 Å². The fourth-order valence-corrected chi connectivity index (χ4v) is 4.30. The van der Waals surface area contributed by atoms with E-state index in [0.717, 1.165) is 32.5 Å². The summed E-state index contributed by atoms with van der Waals surface area (Å²) in [5.74, 6) is 0. The van der Waals surface area contributed by atoms with Crippen LogP contribution in [0.4, 0.5) is 0 Å². The van der Waals surface area contributed by atoms with E-state index in [2.05, 4.69) is 59.3 Å². The van der Waals surface area contributed by atoms with Crippen LogP contribution in [0.2, 0.25) is 0 Å². The lowest BCUT2D eigenvalue weighted by Crippen LogP contribution is -2.62. The van der Waals surface area contributed by atoms with Gasteiger partial charge in [0.25, 0.3) is 0 Å². The molecule has 2 unspecified atom stereocenters. The first kappa shape index (κ1) is 14.2. The van der Waals surface area contributed by atoms with Crippen LogP contribution in [0, 0.1) is 0 Å². The molecule has 4 rings (SSSR count). The Hall–Kier alpha value is -1.42. The van der Waals surface area contributed by atoms with Crippen LogP contribution >= 0.6 is 0 Å². The minimum Gasteiger partial charge on any atom is -0.328 e. The summed E-state index contributed by atoms with van der Waals surface area (Å²) in [4.78, 5) is 5.19. The minimum atomic E-state index is 0.394. The average molecular weight is 295 g/mol.